The van der Waals surface area contributed by atoms with E-state index in [0.29, 0.717) is 11.7 Å². The molecule has 0 bridgehead atoms. The van der Waals surface area contributed by atoms with Crippen molar-refractivity contribution in [1.29, 1.82) is 0 Å². The number of hydrogen-bond donors (Lipinski definition) is 0. The highest BCUT2D eigenvalue weighted by atomic mass is 32.1. The van der Waals surface area contributed by atoms with Crippen molar-refractivity contribution < 1.29 is 19.6 Å². The Hall–Kier alpha value is -2.68. The molecule has 0 N–H and O–H groups in total. The van der Waals surface area contributed by atoms with Crippen molar-refractivity contribution in [2.24, 2.45) is 0 Å². The van der Waals surface area contributed by atoms with Crippen molar-refractivity contribution in [2.75, 3.05) is 20.2 Å². The molecule has 8 nitrogen and oxygen atoms in total. The number of carbonyl (C=O) groups is 1. The van der Waals surface area contributed by atoms with Gasteiger partial charge in [0.05, 0.1) is 17.6 Å². The molecule has 1 saturated heterocycles. The number of thiocarbonyl (C=S) groups is 1. The van der Waals surface area contributed by atoms with Crippen LogP contribution in [-0.4, -0.2) is 45.9 Å². The van der Waals surface area contributed by atoms with E-state index < -0.39 is 10.7 Å². The van der Waals surface area contributed by atoms with Crippen LogP contribution in [0.2, 0.25) is 0 Å². The Morgan fingerprint density at radius 1 is 1.38 bits per heavy atom. The fourth-order valence-corrected chi connectivity index (χ4v) is 2.63. The van der Waals surface area contributed by atoms with Crippen LogP contribution >= 0.6 is 12.2 Å². The molecule has 2 rings (SSSR count). The Balaban J connectivity index is 2.57. The predicted molar refractivity (Wildman–Crippen MR) is 89.4 cm³/mol. The number of likely N-dealkylation sites (N-methyl/N-ethyl adjacent to an activating group) is 2. The van der Waals surface area contributed by atoms with E-state index in [9.17, 15) is 20.0 Å². The molecule has 1 aliphatic rings. The molecule has 1 fully saturated rings. The van der Waals surface area contributed by atoms with Crippen LogP contribution in [0.3, 0.4) is 0 Å². The highest BCUT2D eigenvalue weighted by Crippen LogP contribution is 2.35. The molecule has 1 heterocycles. The van der Waals surface area contributed by atoms with E-state index in [1.165, 1.54) is 15.9 Å². The SMILES string of the molecule is CCOc1cc([N+](=O)[O-])cc(/C=C2/C(=O)N(CC)C(=S)N2C)c1[O-]. The molecule has 9 heteroatoms. The van der Waals surface area contributed by atoms with Gasteiger partial charge in [-0.3, -0.25) is 19.8 Å². The van der Waals surface area contributed by atoms with E-state index in [4.69, 9.17) is 17.0 Å². The molecule has 0 unspecified atom stereocenters. The van der Waals surface area contributed by atoms with Crippen LogP contribution in [0.1, 0.15) is 19.4 Å². The number of nitro groups is 1. The topological polar surface area (TPSA) is 99.0 Å². The number of rotatable bonds is 5. The van der Waals surface area contributed by atoms with Crippen molar-refractivity contribution in [3.05, 3.63) is 33.5 Å². The van der Waals surface area contributed by atoms with Gasteiger partial charge in [0.25, 0.3) is 11.6 Å². The van der Waals surface area contributed by atoms with Gasteiger partial charge in [0, 0.05) is 19.7 Å². The van der Waals surface area contributed by atoms with Crippen LogP contribution in [0.4, 0.5) is 5.69 Å². The zero-order chi connectivity index (χ0) is 18.0. The average Bonchev–Trinajstić information content (AvgIpc) is 2.74. The first kappa shape index (κ1) is 17.7. The van der Waals surface area contributed by atoms with Crippen LogP contribution in [0.15, 0.2) is 17.8 Å². The fourth-order valence-electron chi connectivity index (χ4n) is 2.32. The first-order valence-electron chi connectivity index (χ1n) is 7.25. The Bertz CT molecular complexity index is 747. The van der Waals surface area contributed by atoms with E-state index in [0.717, 1.165) is 12.1 Å². The summed E-state index contributed by atoms with van der Waals surface area (Å²) >= 11 is 5.18. The van der Waals surface area contributed by atoms with Gasteiger partial charge < -0.3 is 14.7 Å². The predicted octanol–water partition coefficient (Wildman–Crippen LogP) is 1.49. The normalized spacial score (nSPS) is 16.2. The second kappa shape index (κ2) is 6.83. The molecule has 0 aromatic heterocycles. The van der Waals surface area contributed by atoms with Gasteiger partial charge >= 0.3 is 0 Å². The van der Waals surface area contributed by atoms with Gasteiger partial charge in [-0.15, -0.1) is 0 Å². The Labute approximate surface area is 144 Å². The van der Waals surface area contributed by atoms with Gasteiger partial charge in [-0.05, 0) is 37.7 Å². The maximum atomic E-state index is 12.4. The monoisotopic (exact) mass is 350 g/mol. The Kier molecular flexibility index (Phi) is 5.03. The number of nitrogens with zero attached hydrogens (tertiary/aromatic N) is 3. The summed E-state index contributed by atoms with van der Waals surface area (Å²) in [5.41, 5.74) is -0.0987. The zero-order valence-corrected chi connectivity index (χ0v) is 14.3. The summed E-state index contributed by atoms with van der Waals surface area (Å²) in [6, 6.07) is 2.20. The smallest absolute Gasteiger partial charge is 0.276 e. The van der Waals surface area contributed by atoms with Crippen molar-refractivity contribution in [2.45, 2.75) is 13.8 Å². The van der Waals surface area contributed by atoms with Crippen LogP contribution in [0.5, 0.6) is 11.5 Å². The van der Waals surface area contributed by atoms with Crippen molar-refractivity contribution >= 4 is 35.0 Å². The molecule has 0 spiro atoms. The molecule has 0 aliphatic carbocycles. The van der Waals surface area contributed by atoms with Gasteiger partial charge in [0.2, 0.25) is 0 Å². The number of nitro benzene ring substituents is 1. The van der Waals surface area contributed by atoms with E-state index in [1.807, 2.05) is 0 Å². The summed E-state index contributed by atoms with van der Waals surface area (Å²) in [5, 5.41) is 23.8. The first-order valence-corrected chi connectivity index (χ1v) is 7.66. The second-order valence-corrected chi connectivity index (χ2v) is 5.34. The second-order valence-electron chi connectivity index (χ2n) is 4.97. The highest BCUT2D eigenvalue weighted by Gasteiger charge is 2.34. The molecule has 0 saturated carbocycles. The summed E-state index contributed by atoms with van der Waals surface area (Å²) in [5.74, 6) is -0.993. The summed E-state index contributed by atoms with van der Waals surface area (Å²) in [6.07, 6.45) is 1.31. The molecule has 128 valence electrons. The standard InChI is InChI=1S/C15H17N3O5S/c1-4-17-14(20)11(16(3)15(17)24)7-9-6-10(18(21)22)8-12(13(9)19)23-5-2/h6-8,19H,4-5H2,1-3H3/p-1/b11-7-. The Morgan fingerprint density at radius 2 is 2.04 bits per heavy atom. The number of non-ortho nitro benzene ring substituents is 1. The highest BCUT2D eigenvalue weighted by molar-refractivity contribution is 7.80. The van der Waals surface area contributed by atoms with Crippen molar-refractivity contribution in [3.63, 3.8) is 0 Å². The lowest BCUT2D eigenvalue weighted by Gasteiger charge is -2.18. The largest absolute Gasteiger partial charge is 0.870 e. The lowest BCUT2D eigenvalue weighted by atomic mass is 10.1. The third-order valence-corrected chi connectivity index (χ3v) is 4.03. The van der Waals surface area contributed by atoms with Crippen LogP contribution < -0.4 is 9.84 Å². The van der Waals surface area contributed by atoms with Gasteiger partial charge in [-0.1, -0.05) is 5.75 Å². The third kappa shape index (κ3) is 3.02. The fraction of sp³-hybridized carbons (Fsp3) is 0.333. The minimum atomic E-state index is -0.618. The minimum Gasteiger partial charge on any atom is -0.870 e. The van der Waals surface area contributed by atoms with Crippen LogP contribution in [0.25, 0.3) is 6.08 Å². The minimum absolute atomic E-state index is 0.00334. The lowest BCUT2D eigenvalue weighted by Crippen LogP contribution is -2.30. The Morgan fingerprint density at radius 3 is 2.54 bits per heavy atom. The summed E-state index contributed by atoms with van der Waals surface area (Å²) in [4.78, 5) is 25.7. The lowest BCUT2D eigenvalue weighted by molar-refractivity contribution is -0.385. The number of ether oxygens (including phenoxy) is 1. The zero-order valence-electron chi connectivity index (χ0n) is 13.4. The van der Waals surface area contributed by atoms with Crippen LogP contribution in [-0.2, 0) is 4.79 Å². The number of carbonyl (C=O) groups excluding carboxylic acids is 1. The van der Waals surface area contributed by atoms with E-state index in [2.05, 4.69) is 0 Å². The summed E-state index contributed by atoms with van der Waals surface area (Å²) in [6.45, 7) is 4.03. The maximum Gasteiger partial charge on any atom is 0.276 e. The average molecular weight is 350 g/mol. The number of hydrogen-bond acceptors (Lipinski definition) is 6. The molecule has 0 radical (unpaired) electrons. The first-order chi connectivity index (χ1) is 11.3. The number of benzene rings is 1. The molecular formula is C15H16N3O5S-. The van der Waals surface area contributed by atoms with E-state index in [1.54, 1.807) is 20.9 Å². The maximum absolute atomic E-state index is 12.4. The molecule has 1 aromatic carbocycles. The quantitative estimate of drug-likeness (QED) is 0.343. The molecule has 1 aliphatic heterocycles. The van der Waals surface area contributed by atoms with Gasteiger partial charge in [-0.2, -0.15) is 0 Å². The summed E-state index contributed by atoms with van der Waals surface area (Å²) < 4.78 is 5.17. The van der Waals surface area contributed by atoms with Gasteiger partial charge in [0.1, 0.15) is 11.4 Å². The molecule has 1 aromatic rings. The van der Waals surface area contributed by atoms with Gasteiger partial charge in [0.15, 0.2) is 5.11 Å². The van der Waals surface area contributed by atoms with Crippen molar-refractivity contribution in [3.8, 4) is 11.5 Å². The molecular weight excluding hydrogens is 334 g/mol. The van der Waals surface area contributed by atoms with E-state index >= 15 is 0 Å². The van der Waals surface area contributed by atoms with Gasteiger partial charge in [-0.25, -0.2) is 0 Å². The molecule has 24 heavy (non-hydrogen) atoms. The van der Waals surface area contributed by atoms with E-state index in [-0.39, 0.29) is 35.2 Å². The summed E-state index contributed by atoms with van der Waals surface area (Å²) in [7, 11) is 1.60. The third-order valence-electron chi connectivity index (χ3n) is 3.53. The van der Waals surface area contributed by atoms with Crippen molar-refractivity contribution in [1.82, 2.24) is 9.80 Å². The molecule has 0 atom stereocenters. The molecule has 1 amide bonds. The van der Waals surface area contributed by atoms with Crippen LogP contribution in [0, 0.1) is 10.1 Å². The number of amides is 1.